The molecule has 0 bridgehead atoms. The average molecular weight is 467 g/mol. The molecule has 1 aliphatic heterocycles. The Morgan fingerprint density at radius 2 is 2.19 bits per heavy atom. The Hall–Kier alpha value is -2.29. The second-order valence-corrected chi connectivity index (χ2v) is 8.72. The van der Waals surface area contributed by atoms with Gasteiger partial charge in [-0.15, -0.1) is 11.3 Å². The van der Waals surface area contributed by atoms with Gasteiger partial charge in [0.25, 0.3) is 5.56 Å². The number of carbonyl (C=O) groups is 1. The van der Waals surface area contributed by atoms with Crippen molar-refractivity contribution in [3.05, 3.63) is 56.5 Å². The van der Waals surface area contributed by atoms with Crippen molar-refractivity contribution in [1.82, 2.24) is 9.47 Å². The summed E-state index contributed by atoms with van der Waals surface area (Å²) in [5.74, 6) is -0.840. The smallest absolute Gasteiger partial charge is 0.260 e. The highest BCUT2D eigenvalue weighted by molar-refractivity contribution is 7.18. The maximum Gasteiger partial charge on any atom is 0.260 e. The Labute approximate surface area is 186 Å². The molecule has 5 nitrogen and oxygen atoms in total. The molecule has 0 radical (unpaired) electrons. The number of halogens is 3. The van der Waals surface area contributed by atoms with Crippen LogP contribution in [-0.2, 0) is 22.7 Å². The first kappa shape index (κ1) is 21.9. The molecule has 0 saturated carbocycles. The molecule has 0 N–H and O–H groups in total. The molecule has 1 amide bonds. The lowest BCUT2D eigenvalue weighted by Gasteiger charge is -2.17. The lowest BCUT2D eigenvalue weighted by Crippen LogP contribution is -2.35. The number of hydrogen-bond donors (Lipinski definition) is 0. The van der Waals surface area contributed by atoms with Crippen molar-refractivity contribution in [3.8, 4) is 11.1 Å². The number of alkyl halides is 1. The summed E-state index contributed by atoms with van der Waals surface area (Å²) in [6, 6.07) is 4.31. The maximum absolute atomic E-state index is 13.6. The first-order valence-electron chi connectivity index (χ1n) is 9.97. The van der Waals surface area contributed by atoms with Crippen LogP contribution in [0.1, 0.15) is 18.9 Å². The predicted octanol–water partition coefficient (Wildman–Crippen LogP) is 4.63. The number of pyridine rings is 1. The molecule has 0 spiro atoms. The fraction of sp³-hybridized carbons (Fsp3) is 0.364. The van der Waals surface area contributed by atoms with E-state index in [1.54, 1.807) is 12.3 Å². The first-order valence-corrected chi connectivity index (χ1v) is 11.2. The second kappa shape index (κ2) is 9.06. The Morgan fingerprint density at radius 1 is 1.39 bits per heavy atom. The van der Waals surface area contributed by atoms with Gasteiger partial charge in [-0.05, 0) is 31.0 Å². The molecule has 1 aliphatic rings. The molecule has 3 heterocycles. The number of ether oxygens (including phenoxy) is 1. The molecule has 1 saturated heterocycles. The van der Waals surface area contributed by atoms with E-state index >= 15 is 0 Å². The second-order valence-electron chi connectivity index (χ2n) is 7.43. The Balaban J connectivity index is 1.80. The van der Waals surface area contributed by atoms with Crippen molar-refractivity contribution in [3.63, 3.8) is 0 Å². The van der Waals surface area contributed by atoms with Crippen molar-refractivity contribution >= 4 is 38.9 Å². The number of rotatable bonds is 6. The third-order valence-electron chi connectivity index (χ3n) is 5.35. The van der Waals surface area contributed by atoms with Crippen LogP contribution in [0.15, 0.2) is 34.6 Å². The third-order valence-corrected chi connectivity index (χ3v) is 6.70. The molecule has 3 aromatic rings. The van der Waals surface area contributed by atoms with Gasteiger partial charge in [0, 0.05) is 40.6 Å². The van der Waals surface area contributed by atoms with Crippen LogP contribution < -0.4 is 5.56 Å². The molecule has 31 heavy (non-hydrogen) atoms. The maximum atomic E-state index is 13.6. The topological polar surface area (TPSA) is 51.5 Å². The minimum Gasteiger partial charge on any atom is -0.377 e. The van der Waals surface area contributed by atoms with Crippen molar-refractivity contribution in [1.29, 1.82) is 0 Å². The molecule has 164 valence electrons. The van der Waals surface area contributed by atoms with Crippen LogP contribution in [0, 0.1) is 5.82 Å². The van der Waals surface area contributed by atoms with Gasteiger partial charge in [0.1, 0.15) is 18.5 Å². The highest BCUT2D eigenvalue weighted by Gasteiger charge is 2.26. The van der Waals surface area contributed by atoms with Crippen LogP contribution in [0.3, 0.4) is 0 Å². The number of carbonyl (C=O) groups excluding carboxylic acids is 1. The molecule has 9 heteroatoms. The number of thiophene rings is 1. The summed E-state index contributed by atoms with van der Waals surface area (Å²) in [5, 5.41) is 2.22. The molecule has 1 aromatic carbocycles. The zero-order valence-corrected chi connectivity index (χ0v) is 18.4. The largest absolute Gasteiger partial charge is 0.377 e. The summed E-state index contributed by atoms with van der Waals surface area (Å²) in [6.07, 6.45) is 0.928. The standard InChI is InChI=1S/C22H21ClF2N2O3S/c1-2-30-11-14-8-27(10-19(28)26-6-5-15(24)9-26)22(29)20-16(12-31-21(14)20)13-3-4-18(25)17(23)7-13/h3-4,7-8,12,15H,2,5-6,9-11H2,1H3. The van der Waals surface area contributed by atoms with Gasteiger partial charge in [0.15, 0.2) is 0 Å². The van der Waals surface area contributed by atoms with Crippen LogP contribution in [0.4, 0.5) is 8.78 Å². The Bertz CT molecular complexity index is 1190. The number of likely N-dealkylation sites (tertiary alicyclic amines) is 1. The van der Waals surface area contributed by atoms with Gasteiger partial charge in [-0.2, -0.15) is 0 Å². The predicted molar refractivity (Wildman–Crippen MR) is 118 cm³/mol. The van der Waals surface area contributed by atoms with Gasteiger partial charge in [-0.1, -0.05) is 17.7 Å². The lowest BCUT2D eigenvalue weighted by molar-refractivity contribution is -0.131. The van der Waals surface area contributed by atoms with E-state index < -0.39 is 12.0 Å². The fourth-order valence-electron chi connectivity index (χ4n) is 3.75. The van der Waals surface area contributed by atoms with E-state index in [-0.39, 0.29) is 36.2 Å². The zero-order valence-electron chi connectivity index (χ0n) is 16.9. The number of nitrogens with zero attached hydrogens (tertiary/aromatic N) is 2. The van der Waals surface area contributed by atoms with Crippen molar-refractivity contribution < 1.29 is 18.3 Å². The molecule has 1 unspecified atom stereocenters. The SMILES string of the molecule is CCOCc1cn(CC(=O)N2CCC(F)C2)c(=O)c2c(-c3ccc(F)c(Cl)c3)csc12. The monoisotopic (exact) mass is 466 g/mol. The fourth-order valence-corrected chi connectivity index (χ4v) is 5.00. The summed E-state index contributed by atoms with van der Waals surface area (Å²) in [4.78, 5) is 27.5. The minimum atomic E-state index is -1.02. The van der Waals surface area contributed by atoms with Crippen molar-refractivity contribution in [2.24, 2.45) is 0 Å². The molecule has 1 fully saturated rings. The highest BCUT2D eigenvalue weighted by Crippen LogP contribution is 2.35. The van der Waals surface area contributed by atoms with E-state index in [0.29, 0.717) is 36.1 Å². The lowest BCUT2D eigenvalue weighted by atomic mass is 10.0. The van der Waals surface area contributed by atoms with E-state index in [4.69, 9.17) is 16.3 Å². The summed E-state index contributed by atoms with van der Waals surface area (Å²) in [6.45, 7) is 2.87. The number of fused-ring (bicyclic) bond motifs is 1. The van der Waals surface area contributed by atoms with E-state index in [9.17, 15) is 18.4 Å². The van der Waals surface area contributed by atoms with E-state index in [2.05, 4.69) is 0 Å². The van der Waals surface area contributed by atoms with E-state index in [1.165, 1.54) is 32.9 Å². The highest BCUT2D eigenvalue weighted by atomic mass is 35.5. The summed E-state index contributed by atoms with van der Waals surface area (Å²) >= 11 is 7.34. The van der Waals surface area contributed by atoms with Crippen molar-refractivity contribution in [2.75, 3.05) is 19.7 Å². The van der Waals surface area contributed by atoms with Crippen LogP contribution in [-0.4, -0.2) is 41.2 Å². The van der Waals surface area contributed by atoms with Gasteiger partial charge in [-0.3, -0.25) is 9.59 Å². The van der Waals surface area contributed by atoms with Gasteiger partial charge in [0.05, 0.1) is 23.6 Å². The van der Waals surface area contributed by atoms with Crippen LogP contribution in [0.2, 0.25) is 5.02 Å². The summed E-state index contributed by atoms with van der Waals surface area (Å²) in [5.41, 5.74) is 1.67. The number of hydrogen-bond acceptors (Lipinski definition) is 4. The van der Waals surface area contributed by atoms with Gasteiger partial charge >= 0.3 is 0 Å². The van der Waals surface area contributed by atoms with Gasteiger partial charge < -0.3 is 14.2 Å². The number of benzene rings is 1. The normalized spacial score (nSPS) is 16.4. The molecule has 1 atom stereocenters. The zero-order chi connectivity index (χ0) is 22.1. The molecule has 0 aliphatic carbocycles. The summed E-state index contributed by atoms with van der Waals surface area (Å²) < 4.78 is 34.8. The van der Waals surface area contributed by atoms with E-state index in [1.807, 2.05) is 12.3 Å². The van der Waals surface area contributed by atoms with Crippen LogP contribution in [0.25, 0.3) is 21.2 Å². The summed E-state index contributed by atoms with van der Waals surface area (Å²) in [7, 11) is 0. The third kappa shape index (κ3) is 4.37. The van der Waals surface area contributed by atoms with Gasteiger partial charge in [0.2, 0.25) is 5.91 Å². The molecule has 2 aromatic heterocycles. The molecule has 4 rings (SSSR count). The molecular weight excluding hydrogens is 446 g/mol. The van der Waals surface area contributed by atoms with Crippen LogP contribution >= 0.6 is 22.9 Å². The molecular formula is C22H21ClF2N2O3S. The Kier molecular flexibility index (Phi) is 6.41. The van der Waals surface area contributed by atoms with Gasteiger partial charge in [-0.25, -0.2) is 8.78 Å². The first-order chi connectivity index (χ1) is 14.9. The number of amides is 1. The quantitative estimate of drug-likeness (QED) is 0.532. The van der Waals surface area contributed by atoms with Crippen LogP contribution in [0.5, 0.6) is 0 Å². The Morgan fingerprint density at radius 3 is 2.87 bits per heavy atom. The van der Waals surface area contributed by atoms with Crippen molar-refractivity contribution in [2.45, 2.75) is 32.7 Å². The van der Waals surface area contributed by atoms with E-state index in [0.717, 1.165) is 10.3 Å². The number of aromatic nitrogens is 1. The minimum absolute atomic E-state index is 0.0346. The average Bonchev–Trinajstić information content (AvgIpc) is 3.38.